The quantitative estimate of drug-likeness (QED) is 0.736. The molecular formula is C13H22N2O3S. The molecular weight excluding hydrogens is 264 g/mol. The average molecular weight is 286 g/mol. The van der Waals surface area contributed by atoms with Crippen LogP contribution >= 0.6 is 12.2 Å². The summed E-state index contributed by atoms with van der Waals surface area (Å²) in [6.07, 6.45) is 2.13. The molecule has 2 fully saturated rings. The van der Waals surface area contributed by atoms with Crippen LogP contribution in [0.2, 0.25) is 0 Å². The molecule has 0 aromatic heterocycles. The van der Waals surface area contributed by atoms with E-state index in [-0.39, 0.29) is 18.6 Å². The molecule has 0 spiro atoms. The molecule has 5 nitrogen and oxygen atoms in total. The Morgan fingerprint density at radius 1 is 1.53 bits per heavy atom. The smallest absolute Gasteiger partial charge is 0.235 e. The van der Waals surface area contributed by atoms with Gasteiger partial charge in [0.15, 0.2) is 0 Å². The molecule has 19 heavy (non-hydrogen) atoms. The lowest BCUT2D eigenvalue weighted by Gasteiger charge is -2.48. The fraction of sp³-hybridized carbons (Fsp3) is 0.846. The lowest BCUT2D eigenvalue weighted by atomic mass is 9.67. The Balaban J connectivity index is 2.16. The molecule has 1 atom stereocenters. The van der Waals surface area contributed by atoms with Gasteiger partial charge in [-0.2, -0.15) is 0 Å². The molecule has 1 heterocycles. The van der Waals surface area contributed by atoms with Crippen molar-refractivity contribution in [1.82, 2.24) is 4.90 Å². The molecule has 1 aliphatic heterocycles. The van der Waals surface area contributed by atoms with Crippen molar-refractivity contribution < 1.29 is 14.6 Å². The zero-order chi connectivity index (χ0) is 14.3. The second-order valence-corrected chi connectivity index (χ2v) is 6.61. The molecule has 1 saturated heterocycles. The van der Waals surface area contributed by atoms with E-state index in [4.69, 9.17) is 22.7 Å². The van der Waals surface area contributed by atoms with Crippen LogP contribution in [0.3, 0.4) is 0 Å². The van der Waals surface area contributed by atoms with Crippen LogP contribution in [-0.2, 0) is 9.53 Å². The summed E-state index contributed by atoms with van der Waals surface area (Å²) in [7, 11) is 0. The van der Waals surface area contributed by atoms with Crippen molar-refractivity contribution in [3.05, 3.63) is 0 Å². The number of morpholine rings is 1. The number of nitrogens with zero attached hydrogens (tertiary/aromatic N) is 1. The summed E-state index contributed by atoms with van der Waals surface area (Å²) in [4.78, 5) is 14.8. The van der Waals surface area contributed by atoms with Gasteiger partial charge in [0.1, 0.15) is 0 Å². The molecule has 1 unspecified atom stereocenters. The predicted molar refractivity (Wildman–Crippen MR) is 75.7 cm³/mol. The van der Waals surface area contributed by atoms with E-state index in [2.05, 4.69) is 0 Å². The van der Waals surface area contributed by atoms with Gasteiger partial charge < -0.3 is 20.5 Å². The maximum absolute atomic E-state index is 12.7. The molecule has 6 heteroatoms. The first-order valence-electron chi connectivity index (χ1n) is 6.69. The number of nitrogens with two attached hydrogens (primary N) is 1. The van der Waals surface area contributed by atoms with Gasteiger partial charge in [-0.25, -0.2) is 0 Å². The zero-order valence-electron chi connectivity index (χ0n) is 11.5. The summed E-state index contributed by atoms with van der Waals surface area (Å²) < 4.78 is 5.72. The van der Waals surface area contributed by atoms with Gasteiger partial charge in [-0.05, 0) is 26.7 Å². The van der Waals surface area contributed by atoms with Gasteiger partial charge in [0.2, 0.25) is 5.91 Å². The van der Waals surface area contributed by atoms with Crippen molar-refractivity contribution in [2.75, 3.05) is 19.7 Å². The SMILES string of the molecule is CC1(C)CN(C(=O)C2(C(N)=S)CCC2)CC(CO)O1. The molecule has 0 bridgehead atoms. The van der Waals surface area contributed by atoms with Crippen molar-refractivity contribution in [3.63, 3.8) is 0 Å². The van der Waals surface area contributed by atoms with Gasteiger partial charge in [-0.15, -0.1) is 0 Å². The Morgan fingerprint density at radius 3 is 2.58 bits per heavy atom. The minimum Gasteiger partial charge on any atom is -0.394 e. The van der Waals surface area contributed by atoms with E-state index in [1.807, 2.05) is 13.8 Å². The molecule has 3 N–H and O–H groups in total. The summed E-state index contributed by atoms with van der Waals surface area (Å²) in [6.45, 7) is 4.66. The van der Waals surface area contributed by atoms with Gasteiger partial charge >= 0.3 is 0 Å². The molecule has 0 aromatic carbocycles. The Bertz CT molecular complexity index is 393. The highest BCUT2D eigenvalue weighted by Gasteiger charge is 2.50. The monoisotopic (exact) mass is 286 g/mol. The van der Waals surface area contributed by atoms with Crippen LogP contribution in [0.4, 0.5) is 0 Å². The average Bonchev–Trinajstić information content (AvgIpc) is 2.24. The maximum Gasteiger partial charge on any atom is 0.235 e. The Hall–Kier alpha value is -0.720. The number of aliphatic hydroxyl groups excluding tert-OH is 1. The van der Waals surface area contributed by atoms with Crippen LogP contribution in [0.15, 0.2) is 0 Å². The minimum absolute atomic E-state index is 0.000995. The molecule has 2 rings (SSSR count). The number of carbonyl (C=O) groups excluding carboxylic acids is 1. The minimum atomic E-state index is -0.650. The summed E-state index contributed by atoms with van der Waals surface area (Å²) in [5.74, 6) is 0.000995. The second kappa shape index (κ2) is 5.00. The number of hydrogen-bond acceptors (Lipinski definition) is 4. The highest BCUT2D eigenvalue weighted by Crippen LogP contribution is 2.43. The largest absolute Gasteiger partial charge is 0.394 e. The fourth-order valence-corrected chi connectivity index (χ4v) is 3.24. The van der Waals surface area contributed by atoms with E-state index in [0.29, 0.717) is 18.1 Å². The van der Waals surface area contributed by atoms with Crippen molar-refractivity contribution >= 4 is 23.1 Å². The van der Waals surface area contributed by atoms with Crippen molar-refractivity contribution in [3.8, 4) is 0 Å². The third-order valence-corrected chi connectivity index (χ3v) is 4.45. The Labute approximate surface area is 119 Å². The van der Waals surface area contributed by atoms with Gasteiger partial charge in [0.05, 0.1) is 28.7 Å². The maximum atomic E-state index is 12.7. The third kappa shape index (κ3) is 2.61. The van der Waals surface area contributed by atoms with Crippen LogP contribution in [0, 0.1) is 5.41 Å². The second-order valence-electron chi connectivity index (χ2n) is 6.17. The Morgan fingerprint density at radius 2 is 2.16 bits per heavy atom. The van der Waals surface area contributed by atoms with E-state index >= 15 is 0 Å². The van der Waals surface area contributed by atoms with Crippen LogP contribution in [0.25, 0.3) is 0 Å². The van der Waals surface area contributed by atoms with Gasteiger partial charge in [-0.3, -0.25) is 4.79 Å². The van der Waals surface area contributed by atoms with Crippen LogP contribution < -0.4 is 5.73 Å². The number of rotatable bonds is 3. The number of aliphatic hydroxyl groups is 1. The number of thiocarbonyl (C=S) groups is 1. The molecule has 1 aliphatic carbocycles. The van der Waals surface area contributed by atoms with Crippen molar-refractivity contribution in [2.45, 2.75) is 44.8 Å². The predicted octanol–water partition coefficient (Wildman–Crippen LogP) is 0.441. The summed E-state index contributed by atoms with van der Waals surface area (Å²) in [5.41, 5.74) is 4.67. The third-order valence-electron chi connectivity index (χ3n) is 4.06. The first-order chi connectivity index (χ1) is 8.81. The standard InChI is InChI=1S/C13H22N2O3S/c1-12(2)8-15(6-9(7-16)18-12)11(17)13(10(14)19)4-3-5-13/h9,16H,3-8H2,1-2H3,(H2,14,19). The first-order valence-corrected chi connectivity index (χ1v) is 7.09. The number of hydrogen-bond donors (Lipinski definition) is 2. The van der Waals surface area contributed by atoms with E-state index in [0.717, 1.165) is 19.3 Å². The summed E-state index contributed by atoms with van der Waals surface area (Å²) >= 11 is 5.09. The molecule has 108 valence electrons. The number of amides is 1. The summed E-state index contributed by atoms with van der Waals surface area (Å²) in [6, 6.07) is 0. The fourth-order valence-electron chi connectivity index (χ4n) is 2.94. The molecule has 2 aliphatic rings. The van der Waals surface area contributed by atoms with Gasteiger partial charge in [0, 0.05) is 13.1 Å². The van der Waals surface area contributed by atoms with Gasteiger partial charge in [0.25, 0.3) is 0 Å². The van der Waals surface area contributed by atoms with E-state index in [1.54, 1.807) is 4.90 Å². The Kier molecular flexibility index (Phi) is 3.86. The highest BCUT2D eigenvalue weighted by molar-refractivity contribution is 7.80. The van der Waals surface area contributed by atoms with E-state index in [1.165, 1.54) is 0 Å². The number of ether oxygens (including phenoxy) is 1. The molecule has 1 saturated carbocycles. The normalized spacial score (nSPS) is 28.6. The lowest BCUT2D eigenvalue weighted by Crippen LogP contribution is -2.62. The summed E-state index contributed by atoms with van der Waals surface area (Å²) in [5, 5.41) is 9.29. The van der Waals surface area contributed by atoms with Crippen LogP contribution in [0.5, 0.6) is 0 Å². The molecule has 1 amide bonds. The van der Waals surface area contributed by atoms with E-state index in [9.17, 15) is 9.90 Å². The van der Waals surface area contributed by atoms with Crippen molar-refractivity contribution in [2.24, 2.45) is 11.1 Å². The van der Waals surface area contributed by atoms with Crippen molar-refractivity contribution in [1.29, 1.82) is 0 Å². The van der Waals surface area contributed by atoms with Crippen LogP contribution in [0.1, 0.15) is 33.1 Å². The van der Waals surface area contributed by atoms with Crippen LogP contribution in [-0.4, -0.2) is 52.3 Å². The van der Waals surface area contributed by atoms with E-state index < -0.39 is 11.0 Å². The topological polar surface area (TPSA) is 75.8 Å². The zero-order valence-corrected chi connectivity index (χ0v) is 12.3. The molecule has 0 aromatic rings. The lowest BCUT2D eigenvalue weighted by molar-refractivity contribution is -0.174. The molecule has 0 radical (unpaired) electrons. The number of carbonyl (C=O) groups is 1. The van der Waals surface area contributed by atoms with Gasteiger partial charge in [-0.1, -0.05) is 18.6 Å². The first kappa shape index (κ1) is 14.7. The highest BCUT2D eigenvalue weighted by atomic mass is 32.1.